The Kier molecular flexibility index (Phi) is 10.2. The molecule has 0 saturated heterocycles. The fraction of sp³-hybridized carbons (Fsp3) is 0.923. The zero-order valence-electron chi connectivity index (χ0n) is 11.6. The summed E-state index contributed by atoms with van der Waals surface area (Å²) in [6.07, 6.45) is -0.848. The Morgan fingerprint density at radius 2 is 1.89 bits per heavy atom. The monoisotopic (exact) mass is 300 g/mol. The predicted octanol–water partition coefficient (Wildman–Crippen LogP) is 4.57. The number of rotatable bonds is 10. The standard InChI is InChI=1S/C13H23F3O2S/c1-3-5-6-7-11(12(17)18-9-4-2)19-10-8-13(14,15)16/h11H,3-10H2,1-2H3. The van der Waals surface area contributed by atoms with Gasteiger partial charge in [0.2, 0.25) is 0 Å². The Morgan fingerprint density at radius 3 is 2.42 bits per heavy atom. The van der Waals surface area contributed by atoms with Crippen molar-refractivity contribution >= 4 is 17.7 Å². The molecule has 0 aromatic carbocycles. The second kappa shape index (κ2) is 10.4. The van der Waals surface area contributed by atoms with Crippen LogP contribution in [0, 0.1) is 0 Å². The Morgan fingerprint density at radius 1 is 1.21 bits per heavy atom. The molecule has 0 aromatic heterocycles. The average molecular weight is 300 g/mol. The number of hydrogen-bond donors (Lipinski definition) is 0. The normalized spacial score (nSPS) is 13.3. The predicted molar refractivity (Wildman–Crippen MR) is 72.3 cm³/mol. The number of carbonyl (C=O) groups excluding carboxylic acids is 1. The SMILES string of the molecule is CCCCCC(SCCC(F)(F)F)C(=O)OCCC. The van der Waals surface area contributed by atoms with Gasteiger partial charge >= 0.3 is 12.1 Å². The van der Waals surface area contributed by atoms with Gasteiger partial charge in [-0.3, -0.25) is 4.79 Å². The fourth-order valence-corrected chi connectivity index (χ4v) is 2.63. The molecule has 0 aliphatic rings. The first-order chi connectivity index (χ1) is 8.90. The van der Waals surface area contributed by atoms with Gasteiger partial charge in [0.1, 0.15) is 5.25 Å². The molecule has 0 amide bonds. The van der Waals surface area contributed by atoms with Crippen molar-refractivity contribution in [3.8, 4) is 0 Å². The summed E-state index contributed by atoms with van der Waals surface area (Å²) in [6.45, 7) is 4.26. The minimum absolute atomic E-state index is 0.0818. The van der Waals surface area contributed by atoms with Crippen LogP contribution < -0.4 is 0 Å². The van der Waals surface area contributed by atoms with Crippen molar-refractivity contribution in [2.24, 2.45) is 0 Å². The molecule has 19 heavy (non-hydrogen) atoms. The molecule has 0 heterocycles. The van der Waals surface area contributed by atoms with E-state index in [1.54, 1.807) is 0 Å². The van der Waals surface area contributed by atoms with E-state index >= 15 is 0 Å². The van der Waals surface area contributed by atoms with E-state index in [2.05, 4.69) is 0 Å². The Labute approximate surface area is 117 Å². The van der Waals surface area contributed by atoms with E-state index in [-0.39, 0.29) is 11.7 Å². The van der Waals surface area contributed by atoms with E-state index in [0.717, 1.165) is 37.4 Å². The minimum Gasteiger partial charge on any atom is -0.465 e. The number of esters is 1. The van der Waals surface area contributed by atoms with Crippen molar-refractivity contribution in [2.75, 3.05) is 12.4 Å². The van der Waals surface area contributed by atoms with Crippen molar-refractivity contribution < 1.29 is 22.7 Å². The first-order valence-electron chi connectivity index (χ1n) is 6.75. The molecule has 0 aliphatic heterocycles. The Bertz CT molecular complexity index is 245. The zero-order chi connectivity index (χ0) is 14.7. The summed E-state index contributed by atoms with van der Waals surface area (Å²) in [4.78, 5) is 11.7. The molecular weight excluding hydrogens is 277 g/mol. The van der Waals surface area contributed by atoms with Crippen LogP contribution in [-0.4, -0.2) is 29.8 Å². The van der Waals surface area contributed by atoms with Crippen LogP contribution in [-0.2, 0) is 9.53 Å². The summed E-state index contributed by atoms with van der Waals surface area (Å²) in [5, 5.41) is -0.458. The number of thioether (sulfide) groups is 1. The average Bonchev–Trinajstić information content (AvgIpc) is 2.33. The van der Waals surface area contributed by atoms with Crippen LogP contribution in [0.2, 0.25) is 0 Å². The van der Waals surface area contributed by atoms with Crippen LogP contribution in [0.25, 0.3) is 0 Å². The van der Waals surface area contributed by atoms with Gasteiger partial charge in [-0.25, -0.2) is 0 Å². The smallest absolute Gasteiger partial charge is 0.389 e. The molecule has 0 spiro atoms. The van der Waals surface area contributed by atoms with Gasteiger partial charge in [-0.1, -0.05) is 33.1 Å². The van der Waals surface area contributed by atoms with Crippen LogP contribution in [0.1, 0.15) is 52.4 Å². The summed E-state index contributed by atoms with van der Waals surface area (Å²) < 4.78 is 41.3. The molecule has 0 aromatic rings. The van der Waals surface area contributed by atoms with Gasteiger partial charge in [0.15, 0.2) is 0 Å². The van der Waals surface area contributed by atoms with Gasteiger partial charge in [-0.05, 0) is 12.8 Å². The topological polar surface area (TPSA) is 26.3 Å². The third-order valence-electron chi connectivity index (χ3n) is 2.49. The fourth-order valence-electron chi connectivity index (χ4n) is 1.46. The van der Waals surface area contributed by atoms with E-state index in [1.165, 1.54) is 0 Å². The molecular formula is C13H23F3O2S. The minimum atomic E-state index is -4.16. The third-order valence-corrected chi connectivity index (χ3v) is 3.76. The van der Waals surface area contributed by atoms with Gasteiger partial charge in [-0.2, -0.15) is 13.2 Å². The molecule has 1 unspecified atom stereocenters. The molecule has 2 nitrogen and oxygen atoms in total. The van der Waals surface area contributed by atoms with Crippen molar-refractivity contribution in [2.45, 2.75) is 63.8 Å². The first-order valence-corrected chi connectivity index (χ1v) is 7.80. The highest BCUT2D eigenvalue weighted by atomic mass is 32.2. The molecule has 0 bridgehead atoms. The lowest BCUT2D eigenvalue weighted by Crippen LogP contribution is -2.22. The molecule has 6 heteroatoms. The maximum atomic E-state index is 12.1. The van der Waals surface area contributed by atoms with E-state index in [1.807, 2.05) is 13.8 Å². The van der Waals surface area contributed by atoms with E-state index in [0.29, 0.717) is 13.0 Å². The number of hydrogen-bond acceptors (Lipinski definition) is 3. The highest BCUT2D eigenvalue weighted by molar-refractivity contribution is 8.00. The van der Waals surface area contributed by atoms with Crippen LogP contribution in [0.15, 0.2) is 0 Å². The van der Waals surface area contributed by atoms with Gasteiger partial charge in [0.25, 0.3) is 0 Å². The lowest BCUT2D eigenvalue weighted by atomic mass is 10.1. The summed E-state index contributed by atoms with van der Waals surface area (Å²) >= 11 is 1.06. The number of unbranched alkanes of at least 4 members (excludes halogenated alkanes) is 2. The van der Waals surface area contributed by atoms with E-state index in [4.69, 9.17) is 4.74 Å². The van der Waals surface area contributed by atoms with Gasteiger partial charge in [-0.15, -0.1) is 11.8 Å². The first kappa shape index (κ1) is 18.6. The lowest BCUT2D eigenvalue weighted by molar-refractivity contribution is -0.143. The van der Waals surface area contributed by atoms with Crippen LogP contribution in [0.3, 0.4) is 0 Å². The summed E-state index contributed by atoms with van der Waals surface area (Å²) in [5.74, 6) is -0.452. The summed E-state index contributed by atoms with van der Waals surface area (Å²) in [6, 6.07) is 0. The van der Waals surface area contributed by atoms with E-state index in [9.17, 15) is 18.0 Å². The van der Waals surface area contributed by atoms with Crippen LogP contribution in [0.4, 0.5) is 13.2 Å². The number of carbonyl (C=O) groups is 1. The zero-order valence-corrected chi connectivity index (χ0v) is 12.4. The molecule has 0 N–H and O–H groups in total. The second-order valence-electron chi connectivity index (χ2n) is 4.39. The molecule has 114 valence electrons. The van der Waals surface area contributed by atoms with Crippen molar-refractivity contribution in [1.29, 1.82) is 0 Å². The highest BCUT2D eigenvalue weighted by Crippen LogP contribution is 2.26. The van der Waals surface area contributed by atoms with Crippen molar-refractivity contribution in [1.82, 2.24) is 0 Å². The number of alkyl halides is 3. The van der Waals surface area contributed by atoms with Gasteiger partial charge in [0, 0.05) is 5.75 Å². The molecule has 0 radical (unpaired) electrons. The van der Waals surface area contributed by atoms with E-state index < -0.39 is 17.8 Å². The van der Waals surface area contributed by atoms with Gasteiger partial charge < -0.3 is 4.74 Å². The third kappa shape index (κ3) is 11.2. The Balaban J connectivity index is 4.12. The molecule has 0 aliphatic carbocycles. The lowest BCUT2D eigenvalue weighted by Gasteiger charge is -2.16. The molecule has 0 rings (SSSR count). The molecule has 0 saturated carbocycles. The number of halogens is 3. The number of ether oxygens (including phenoxy) is 1. The molecule has 0 fully saturated rings. The highest BCUT2D eigenvalue weighted by Gasteiger charge is 2.28. The maximum absolute atomic E-state index is 12.1. The van der Waals surface area contributed by atoms with Gasteiger partial charge in [0.05, 0.1) is 13.0 Å². The van der Waals surface area contributed by atoms with Crippen LogP contribution in [0.5, 0.6) is 0 Å². The largest absolute Gasteiger partial charge is 0.465 e. The van der Waals surface area contributed by atoms with Crippen molar-refractivity contribution in [3.63, 3.8) is 0 Å². The van der Waals surface area contributed by atoms with Crippen LogP contribution >= 0.6 is 11.8 Å². The molecule has 1 atom stereocenters. The summed E-state index contributed by atoms with van der Waals surface area (Å²) in [5.41, 5.74) is 0. The Hall–Kier alpha value is -0.390. The maximum Gasteiger partial charge on any atom is 0.389 e. The summed E-state index contributed by atoms with van der Waals surface area (Å²) in [7, 11) is 0. The van der Waals surface area contributed by atoms with Crippen molar-refractivity contribution in [3.05, 3.63) is 0 Å². The second-order valence-corrected chi connectivity index (χ2v) is 5.70. The quantitative estimate of drug-likeness (QED) is 0.436.